The highest BCUT2D eigenvalue weighted by Crippen LogP contribution is 2.28. The lowest BCUT2D eigenvalue weighted by Gasteiger charge is -2.21. The van der Waals surface area contributed by atoms with E-state index in [1.807, 2.05) is 48.5 Å². The fourth-order valence-corrected chi connectivity index (χ4v) is 4.71. The van der Waals surface area contributed by atoms with Gasteiger partial charge in [-0.05, 0) is 61.1 Å². The normalized spacial score (nSPS) is 18.0. The molecular weight excluding hydrogens is 372 g/mol. The average Bonchev–Trinajstić information content (AvgIpc) is 2.81. The number of rotatable bonds is 5. The molecule has 0 unspecified atom stereocenters. The molecule has 4 heteroatoms. The lowest BCUT2D eigenvalue weighted by Crippen LogP contribution is -2.24. The van der Waals surface area contributed by atoms with E-state index in [0.29, 0.717) is 0 Å². The Bertz CT molecular complexity index is 772. The molecule has 0 saturated heterocycles. The van der Waals surface area contributed by atoms with Crippen molar-refractivity contribution in [3.05, 3.63) is 48.5 Å². The Kier molecular flexibility index (Phi) is 6.83. The van der Waals surface area contributed by atoms with Crippen molar-refractivity contribution in [2.24, 2.45) is 11.8 Å². The number of nitrogens with one attached hydrogen (secondary N) is 2. The highest BCUT2D eigenvalue weighted by Gasteiger charge is 2.22. The number of carbonyl (C=O) groups excluding carboxylic acids is 2. The Hall–Kier alpha value is -2.62. The van der Waals surface area contributed by atoms with Crippen molar-refractivity contribution in [1.29, 1.82) is 0 Å². The Morgan fingerprint density at radius 3 is 1.20 bits per heavy atom. The summed E-state index contributed by atoms with van der Waals surface area (Å²) in [5.74, 6) is 0.630. The molecule has 2 aliphatic rings. The Labute approximate surface area is 179 Å². The molecule has 2 amide bonds. The molecule has 0 atom stereocenters. The minimum atomic E-state index is 0.153. The standard InChI is InChI=1S/C26H32N2O2/c29-25(21-7-3-1-4-8-21)27-23-15-11-19(12-16-23)20-13-17-24(18-14-20)28-26(30)22-9-5-2-6-10-22/h11-18,21-22H,1-10H2,(H,27,29)(H,28,30). The second-order valence-corrected chi connectivity index (χ2v) is 8.80. The molecule has 2 aliphatic carbocycles. The SMILES string of the molecule is O=C(Nc1ccc(-c2ccc(NC(=O)C3CCCCC3)cc2)cc1)C1CCCCC1. The van der Waals surface area contributed by atoms with Crippen molar-refractivity contribution in [1.82, 2.24) is 0 Å². The molecule has 2 saturated carbocycles. The number of hydrogen-bond acceptors (Lipinski definition) is 2. The molecular formula is C26H32N2O2. The van der Waals surface area contributed by atoms with Crippen LogP contribution in [0.25, 0.3) is 11.1 Å². The summed E-state index contributed by atoms with van der Waals surface area (Å²) in [6, 6.07) is 16.0. The number of benzene rings is 2. The van der Waals surface area contributed by atoms with Crippen molar-refractivity contribution >= 4 is 23.2 Å². The van der Waals surface area contributed by atoms with Crippen LogP contribution in [0.4, 0.5) is 11.4 Å². The van der Waals surface area contributed by atoms with Crippen molar-refractivity contribution in [2.75, 3.05) is 10.6 Å². The molecule has 158 valence electrons. The molecule has 2 N–H and O–H groups in total. The molecule has 0 heterocycles. The van der Waals surface area contributed by atoms with Crippen LogP contribution < -0.4 is 10.6 Å². The van der Waals surface area contributed by atoms with E-state index in [1.54, 1.807) is 0 Å². The summed E-state index contributed by atoms with van der Waals surface area (Å²) >= 11 is 0. The molecule has 0 bridgehead atoms. The third kappa shape index (κ3) is 5.29. The van der Waals surface area contributed by atoms with Crippen LogP contribution in [0.3, 0.4) is 0 Å². The highest BCUT2D eigenvalue weighted by atomic mass is 16.2. The van der Waals surface area contributed by atoms with Crippen molar-refractivity contribution in [3.63, 3.8) is 0 Å². The van der Waals surface area contributed by atoms with Gasteiger partial charge in [-0.3, -0.25) is 9.59 Å². The monoisotopic (exact) mass is 404 g/mol. The fraction of sp³-hybridized carbons (Fsp3) is 0.462. The number of carbonyl (C=O) groups is 2. The fourth-order valence-electron chi connectivity index (χ4n) is 4.71. The van der Waals surface area contributed by atoms with E-state index in [9.17, 15) is 9.59 Å². The molecule has 2 aromatic rings. The van der Waals surface area contributed by atoms with Crippen molar-refractivity contribution in [3.8, 4) is 11.1 Å². The second-order valence-electron chi connectivity index (χ2n) is 8.80. The molecule has 0 aliphatic heterocycles. The topological polar surface area (TPSA) is 58.2 Å². The molecule has 0 aromatic heterocycles. The van der Waals surface area contributed by atoms with Gasteiger partial charge in [0.05, 0.1) is 0 Å². The van der Waals surface area contributed by atoms with Gasteiger partial charge in [-0.25, -0.2) is 0 Å². The van der Waals surface area contributed by atoms with Gasteiger partial charge in [-0.2, -0.15) is 0 Å². The van der Waals surface area contributed by atoms with E-state index >= 15 is 0 Å². The van der Waals surface area contributed by atoms with E-state index in [-0.39, 0.29) is 23.7 Å². The predicted octanol–water partition coefficient (Wildman–Crippen LogP) is 6.39. The Morgan fingerprint density at radius 2 is 0.867 bits per heavy atom. The third-order valence-corrected chi connectivity index (χ3v) is 6.59. The molecule has 2 fully saturated rings. The van der Waals surface area contributed by atoms with E-state index in [1.165, 1.54) is 12.8 Å². The van der Waals surface area contributed by atoms with Crippen LogP contribution in [-0.2, 0) is 9.59 Å². The first-order valence-electron chi connectivity index (χ1n) is 11.5. The first-order valence-corrected chi connectivity index (χ1v) is 11.5. The van der Waals surface area contributed by atoms with Crippen molar-refractivity contribution in [2.45, 2.75) is 64.2 Å². The molecule has 30 heavy (non-hydrogen) atoms. The molecule has 4 nitrogen and oxygen atoms in total. The third-order valence-electron chi connectivity index (χ3n) is 6.59. The maximum absolute atomic E-state index is 12.4. The maximum atomic E-state index is 12.4. The lowest BCUT2D eigenvalue weighted by atomic mass is 9.88. The van der Waals surface area contributed by atoms with E-state index in [2.05, 4.69) is 10.6 Å². The van der Waals surface area contributed by atoms with Crippen LogP contribution in [0.1, 0.15) is 64.2 Å². The Balaban J connectivity index is 1.33. The van der Waals surface area contributed by atoms with Gasteiger partial charge >= 0.3 is 0 Å². The van der Waals surface area contributed by atoms with E-state index < -0.39 is 0 Å². The first-order chi connectivity index (χ1) is 14.7. The molecule has 0 radical (unpaired) electrons. The lowest BCUT2D eigenvalue weighted by molar-refractivity contribution is -0.121. The smallest absolute Gasteiger partial charge is 0.227 e. The number of anilines is 2. The van der Waals surface area contributed by atoms with Gasteiger partial charge in [0.25, 0.3) is 0 Å². The minimum absolute atomic E-state index is 0.153. The van der Waals surface area contributed by atoms with Crippen LogP contribution in [0.5, 0.6) is 0 Å². The number of hydrogen-bond donors (Lipinski definition) is 2. The van der Waals surface area contributed by atoms with Crippen LogP contribution in [0.15, 0.2) is 48.5 Å². The zero-order chi connectivity index (χ0) is 20.8. The molecule has 0 spiro atoms. The largest absolute Gasteiger partial charge is 0.326 e. The molecule has 2 aromatic carbocycles. The van der Waals surface area contributed by atoms with E-state index in [0.717, 1.165) is 73.9 Å². The van der Waals surface area contributed by atoms with Gasteiger partial charge in [0.15, 0.2) is 0 Å². The average molecular weight is 405 g/mol. The van der Waals surface area contributed by atoms with Gasteiger partial charge in [0.1, 0.15) is 0 Å². The van der Waals surface area contributed by atoms with Gasteiger partial charge in [0, 0.05) is 23.2 Å². The predicted molar refractivity (Wildman–Crippen MR) is 122 cm³/mol. The van der Waals surface area contributed by atoms with Gasteiger partial charge in [-0.1, -0.05) is 62.8 Å². The summed E-state index contributed by atoms with van der Waals surface area (Å²) in [5, 5.41) is 6.13. The van der Waals surface area contributed by atoms with Crippen molar-refractivity contribution < 1.29 is 9.59 Å². The maximum Gasteiger partial charge on any atom is 0.227 e. The van der Waals surface area contributed by atoms with Crippen LogP contribution in [-0.4, -0.2) is 11.8 Å². The summed E-state index contributed by atoms with van der Waals surface area (Å²) in [7, 11) is 0. The zero-order valence-electron chi connectivity index (χ0n) is 17.7. The summed E-state index contributed by atoms with van der Waals surface area (Å²) in [6.07, 6.45) is 11.2. The molecule has 4 rings (SSSR count). The second kappa shape index (κ2) is 9.92. The summed E-state index contributed by atoms with van der Waals surface area (Å²) < 4.78 is 0. The summed E-state index contributed by atoms with van der Waals surface area (Å²) in [5.41, 5.74) is 3.89. The zero-order valence-corrected chi connectivity index (χ0v) is 17.7. The first kappa shape index (κ1) is 20.6. The Morgan fingerprint density at radius 1 is 0.533 bits per heavy atom. The van der Waals surface area contributed by atoms with Gasteiger partial charge < -0.3 is 10.6 Å². The minimum Gasteiger partial charge on any atom is -0.326 e. The van der Waals surface area contributed by atoms with Crippen LogP contribution >= 0.6 is 0 Å². The number of amides is 2. The van der Waals surface area contributed by atoms with Gasteiger partial charge in [-0.15, -0.1) is 0 Å². The quantitative estimate of drug-likeness (QED) is 0.606. The van der Waals surface area contributed by atoms with Gasteiger partial charge in [0.2, 0.25) is 11.8 Å². The van der Waals surface area contributed by atoms with Crippen LogP contribution in [0, 0.1) is 11.8 Å². The highest BCUT2D eigenvalue weighted by molar-refractivity contribution is 5.93. The van der Waals surface area contributed by atoms with E-state index in [4.69, 9.17) is 0 Å². The summed E-state index contributed by atoms with van der Waals surface area (Å²) in [6.45, 7) is 0. The summed E-state index contributed by atoms with van der Waals surface area (Å²) in [4.78, 5) is 24.8. The van der Waals surface area contributed by atoms with Crippen LogP contribution in [0.2, 0.25) is 0 Å².